The van der Waals surface area contributed by atoms with Gasteiger partial charge in [0.25, 0.3) is 10.0 Å². The van der Waals surface area contributed by atoms with Crippen molar-refractivity contribution >= 4 is 49.1 Å². The Labute approximate surface area is 281 Å². The predicted octanol–water partition coefficient (Wildman–Crippen LogP) is 5.06. The molecule has 3 aromatic heterocycles. The van der Waals surface area contributed by atoms with Crippen molar-refractivity contribution in [3.8, 4) is 27.6 Å². The van der Waals surface area contributed by atoms with Gasteiger partial charge in [-0.25, -0.2) is 17.4 Å². The molecule has 14 heteroatoms. The SMILES string of the molecule is COc1ccc(CNc2nnc(-c3ccc4c(c3)c(-c3cncc(N5CCN(C)C(=O)C5)n3)cn4S(=O)(=O)c3ccc(C)cc3)s2)cc1. The van der Waals surface area contributed by atoms with Crippen LogP contribution in [0.4, 0.5) is 10.9 Å². The summed E-state index contributed by atoms with van der Waals surface area (Å²) in [7, 11) is -0.547. The number of nitrogens with one attached hydrogen (secondary N) is 1. The fourth-order valence-corrected chi connectivity index (χ4v) is 7.59. The Morgan fingerprint density at radius 1 is 0.979 bits per heavy atom. The van der Waals surface area contributed by atoms with Crippen molar-refractivity contribution < 1.29 is 17.9 Å². The average Bonchev–Trinajstić information content (AvgIpc) is 3.74. The van der Waals surface area contributed by atoms with Crippen LogP contribution in [-0.2, 0) is 21.4 Å². The molecule has 0 bridgehead atoms. The molecule has 0 atom stereocenters. The highest BCUT2D eigenvalue weighted by molar-refractivity contribution is 7.90. The van der Waals surface area contributed by atoms with E-state index in [0.717, 1.165) is 22.4 Å². The summed E-state index contributed by atoms with van der Waals surface area (Å²) in [5, 5.41) is 14.1. The Hall–Kier alpha value is -5.34. The highest BCUT2D eigenvalue weighted by Gasteiger charge is 2.26. The van der Waals surface area contributed by atoms with E-state index < -0.39 is 10.0 Å². The van der Waals surface area contributed by atoms with E-state index in [4.69, 9.17) is 9.72 Å². The Morgan fingerprint density at radius 2 is 1.77 bits per heavy atom. The number of hydrogen-bond donors (Lipinski definition) is 1. The molecule has 0 aliphatic carbocycles. The maximum atomic E-state index is 14.0. The van der Waals surface area contributed by atoms with Crippen LogP contribution in [-0.4, -0.2) is 77.2 Å². The Morgan fingerprint density at radius 3 is 2.52 bits per heavy atom. The number of piperazine rings is 1. The van der Waals surface area contributed by atoms with Crippen LogP contribution in [0, 0.1) is 6.92 Å². The first-order chi connectivity index (χ1) is 23.2. The summed E-state index contributed by atoms with van der Waals surface area (Å²) in [5.41, 5.74) is 4.36. The molecule has 0 saturated carbocycles. The van der Waals surface area contributed by atoms with Crippen LogP contribution in [0.3, 0.4) is 0 Å². The van der Waals surface area contributed by atoms with Crippen LogP contribution in [0.2, 0.25) is 0 Å². The molecule has 12 nitrogen and oxygen atoms in total. The van der Waals surface area contributed by atoms with Gasteiger partial charge in [0.05, 0.1) is 42.2 Å². The third kappa shape index (κ3) is 6.07. The van der Waals surface area contributed by atoms with E-state index >= 15 is 0 Å². The van der Waals surface area contributed by atoms with Gasteiger partial charge >= 0.3 is 0 Å². The average molecular weight is 681 g/mol. The van der Waals surface area contributed by atoms with E-state index in [-0.39, 0.29) is 17.3 Å². The summed E-state index contributed by atoms with van der Waals surface area (Å²) in [6.45, 7) is 3.85. The molecular weight excluding hydrogens is 649 g/mol. The smallest absolute Gasteiger partial charge is 0.268 e. The second-order valence-corrected chi connectivity index (χ2v) is 14.3. The van der Waals surface area contributed by atoms with Crippen LogP contribution in [0.5, 0.6) is 5.75 Å². The number of aryl methyl sites for hydroxylation is 1. The number of ether oxygens (including phenoxy) is 1. The summed E-state index contributed by atoms with van der Waals surface area (Å²) in [6.07, 6.45) is 4.82. The summed E-state index contributed by atoms with van der Waals surface area (Å²) in [6, 6.07) is 20.1. The molecule has 48 heavy (non-hydrogen) atoms. The van der Waals surface area contributed by atoms with Crippen molar-refractivity contribution in [1.29, 1.82) is 0 Å². The van der Waals surface area contributed by atoms with E-state index in [1.54, 1.807) is 68.0 Å². The van der Waals surface area contributed by atoms with Gasteiger partial charge in [0.1, 0.15) is 16.6 Å². The van der Waals surface area contributed by atoms with Gasteiger partial charge in [0, 0.05) is 49.4 Å². The Bertz CT molecular complexity index is 2230. The lowest BCUT2D eigenvalue weighted by atomic mass is 10.1. The standard InChI is InChI=1S/C34H32N8O4S2/c1-22-4-11-26(12-5-22)48(44,45)42-20-28(29-18-35-19-31(37-29)41-15-14-40(2)32(43)21-41)27-16-24(8-13-30(27)42)33-38-39-34(47-33)36-17-23-6-9-25(46-3)10-7-23/h4-13,16,18-20H,14-15,17,21H2,1-3H3,(H,36,39). The maximum Gasteiger partial charge on any atom is 0.268 e. The van der Waals surface area contributed by atoms with Gasteiger partial charge in [-0.3, -0.25) is 9.78 Å². The van der Waals surface area contributed by atoms with Gasteiger partial charge in [-0.2, -0.15) is 0 Å². The van der Waals surface area contributed by atoms with Gasteiger partial charge in [-0.15, -0.1) is 10.2 Å². The minimum Gasteiger partial charge on any atom is -0.497 e. The molecule has 1 aliphatic rings. The summed E-state index contributed by atoms with van der Waals surface area (Å²) < 4.78 is 34.6. The molecule has 1 aliphatic heterocycles. The Balaban J connectivity index is 1.27. The highest BCUT2D eigenvalue weighted by Crippen LogP contribution is 2.37. The zero-order valence-electron chi connectivity index (χ0n) is 26.5. The molecule has 4 heterocycles. The zero-order chi connectivity index (χ0) is 33.4. The lowest BCUT2D eigenvalue weighted by Crippen LogP contribution is -2.48. The molecule has 1 N–H and O–H groups in total. The topological polar surface area (TPSA) is 135 Å². The number of carbonyl (C=O) groups excluding carboxylic acids is 1. The van der Waals surface area contributed by atoms with Crippen LogP contribution in [0.25, 0.3) is 32.7 Å². The van der Waals surface area contributed by atoms with Gasteiger partial charge in [0.2, 0.25) is 11.0 Å². The lowest BCUT2D eigenvalue weighted by molar-refractivity contribution is -0.129. The molecular formula is C34H32N8O4S2. The molecule has 1 amide bonds. The number of rotatable bonds is 9. The quantitative estimate of drug-likeness (QED) is 0.221. The van der Waals surface area contributed by atoms with Crippen LogP contribution < -0.4 is 15.0 Å². The van der Waals surface area contributed by atoms with Gasteiger partial charge in [-0.1, -0.05) is 41.2 Å². The number of nitrogens with zero attached hydrogens (tertiary/aromatic N) is 7. The van der Waals surface area contributed by atoms with E-state index in [2.05, 4.69) is 20.5 Å². The fraction of sp³-hybridized carbons (Fsp3) is 0.206. The summed E-state index contributed by atoms with van der Waals surface area (Å²) >= 11 is 1.40. The molecule has 0 unspecified atom stereocenters. The van der Waals surface area contributed by atoms with E-state index in [1.807, 2.05) is 48.2 Å². The van der Waals surface area contributed by atoms with Crippen LogP contribution >= 0.6 is 11.3 Å². The van der Waals surface area contributed by atoms with Crippen molar-refractivity contribution in [2.75, 3.05) is 44.0 Å². The third-order valence-electron chi connectivity index (χ3n) is 8.30. The summed E-state index contributed by atoms with van der Waals surface area (Å²) in [4.78, 5) is 25.5. The second kappa shape index (κ2) is 12.7. The number of anilines is 2. The predicted molar refractivity (Wildman–Crippen MR) is 186 cm³/mol. The number of methoxy groups -OCH3 is 1. The van der Waals surface area contributed by atoms with Gasteiger partial charge in [-0.05, 0) is 55.0 Å². The van der Waals surface area contributed by atoms with E-state index in [9.17, 15) is 13.2 Å². The van der Waals surface area contributed by atoms with E-state index in [0.29, 0.717) is 57.8 Å². The fourth-order valence-electron chi connectivity index (χ4n) is 5.48. The minimum atomic E-state index is -3.96. The first-order valence-electron chi connectivity index (χ1n) is 15.2. The van der Waals surface area contributed by atoms with Crippen molar-refractivity contribution in [3.63, 3.8) is 0 Å². The summed E-state index contributed by atoms with van der Waals surface area (Å²) in [5.74, 6) is 1.33. The van der Waals surface area contributed by atoms with Crippen molar-refractivity contribution in [2.24, 2.45) is 0 Å². The molecule has 0 spiro atoms. The first-order valence-corrected chi connectivity index (χ1v) is 17.4. The molecule has 1 fully saturated rings. The Kier molecular flexibility index (Phi) is 8.27. The molecule has 0 radical (unpaired) electrons. The van der Waals surface area contributed by atoms with Gasteiger partial charge in [0.15, 0.2) is 0 Å². The van der Waals surface area contributed by atoms with E-state index in [1.165, 1.54) is 15.3 Å². The monoisotopic (exact) mass is 680 g/mol. The van der Waals surface area contributed by atoms with Gasteiger partial charge < -0.3 is 19.9 Å². The van der Waals surface area contributed by atoms with Crippen molar-refractivity contribution in [3.05, 3.63) is 96.4 Å². The normalized spacial score (nSPS) is 13.7. The largest absolute Gasteiger partial charge is 0.497 e. The number of benzene rings is 3. The van der Waals surface area contributed by atoms with Crippen molar-refractivity contribution in [2.45, 2.75) is 18.4 Å². The zero-order valence-corrected chi connectivity index (χ0v) is 28.1. The molecule has 244 valence electrons. The number of hydrogen-bond acceptors (Lipinski definition) is 11. The van der Waals surface area contributed by atoms with Crippen molar-refractivity contribution in [1.82, 2.24) is 29.0 Å². The molecule has 6 aromatic rings. The lowest BCUT2D eigenvalue weighted by Gasteiger charge is -2.32. The minimum absolute atomic E-state index is 0.00574. The van der Waals surface area contributed by atoms with Crippen LogP contribution in [0.1, 0.15) is 11.1 Å². The molecule has 3 aromatic carbocycles. The molecule has 1 saturated heterocycles. The number of fused-ring (bicyclic) bond motifs is 1. The second-order valence-electron chi connectivity index (χ2n) is 11.5. The number of amides is 1. The number of carbonyl (C=O) groups is 1. The number of aromatic nitrogens is 5. The van der Waals surface area contributed by atoms with Crippen LogP contribution in [0.15, 0.2) is 90.2 Å². The third-order valence-corrected chi connectivity index (χ3v) is 10.9. The maximum absolute atomic E-state index is 14.0. The molecule has 7 rings (SSSR count). The number of likely N-dealkylation sites (N-methyl/N-ethyl adjacent to an activating group) is 1. The highest BCUT2D eigenvalue weighted by atomic mass is 32.2. The first kappa shape index (κ1) is 31.3.